The fourth-order valence-corrected chi connectivity index (χ4v) is 3.04. The van der Waals surface area contributed by atoms with Crippen LogP contribution in [-0.2, 0) is 14.3 Å². The van der Waals surface area contributed by atoms with Crippen molar-refractivity contribution in [1.82, 2.24) is 4.98 Å². The van der Waals surface area contributed by atoms with Gasteiger partial charge in [-0.2, -0.15) is 0 Å². The molecule has 1 aromatic rings. The van der Waals surface area contributed by atoms with Crippen LogP contribution in [-0.4, -0.2) is 37.4 Å². The van der Waals surface area contributed by atoms with E-state index < -0.39 is 5.41 Å². The summed E-state index contributed by atoms with van der Waals surface area (Å²) < 4.78 is 16.7. The molecule has 0 atom stereocenters. The first kappa shape index (κ1) is 18.5. The molecule has 0 aliphatic heterocycles. The minimum Gasteiger partial charge on any atom is -0.474 e. The Hall–Kier alpha value is -1.82. The summed E-state index contributed by atoms with van der Waals surface area (Å²) in [4.78, 5) is 16.7. The summed E-state index contributed by atoms with van der Waals surface area (Å²) in [6, 6.07) is 3.54. The highest BCUT2D eigenvalue weighted by atomic mass is 16.5. The number of carbonyl (C=O) groups excluding carboxylic acids is 1. The molecule has 0 bridgehead atoms. The summed E-state index contributed by atoms with van der Waals surface area (Å²) in [5.41, 5.74) is 5.69. The maximum absolute atomic E-state index is 12.5. The number of anilines is 1. The topological polar surface area (TPSA) is 83.7 Å². The third-order valence-corrected chi connectivity index (χ3v) is 4.52. The van der Waals surface area contributed by atoms with Crippen molar-refractivity contribution in [3.63, 3.8) is 0 Å². The van der Waals surface area contributed by atoms with Crippen molar-refractivity contribution in [2.75, 3.05) is 26.1 Å². The quantitative estimate of drug-likeness (QED) is 0.580. The second-order valence-electron chi connectivity index (χ2n) is 6.45. The lowest BCUT2D eigenvalue weighted by molar-refractivity contribution is -0.163. The molecular weight excluding hydrogens is 308 g/mol. The normalized spacial score (nSPS) is 23.7. The van der Waals surface area contributed by atoms with Crippen LogP contribution in [0, 0.1) is 5.41 Å². The molecule has 0 aromatic carbocycles. The van der Waals surface area contributed by atoms with Gasteiger partial charge in [0.1, 0.15) is 6.10 Å². The number of hydrogen-bond donors (Lipinski definition) is 1. The van der Waals surface area contributed by atoms with Crippen LogP contribution in [0.15, 0.2) is 18.3 Å². The van der Waals surface area contributed by atoms with E-state index in [4.69, 9.17) is 19.9 Å². The average Bonchev–Trinajstić information content (AvgIpc) is 2.59. The van der Waals surface area contributed by atoms with Gasteiger partial charge < -0.3 is 19.9 Å². The molecule has 1 aliphatic rings. The standard InChI is InChI=1S/C18H28N2O4/c1-3-4-11-23-17(21)18(13-22-2)9-7-15(8-10-18)24-16-6-5-14(19)12-20-16/h5-6,12,15H,3-4,7-11,13,19H2,1-2H3. The summed E-state index contributed by atoms with van der Waals surface area (Å²) in [5, 5.41) is 0. The van der Waals surface area contributed by atoms with Crippen molar-refractivity contribution in [1.29, 1.82) is 0 Å². The van der Waals surface area contributed by atoms with Crippen molar-refractivity contribution in [3.8, 4) is 5.88 Å². The highest BCUT2D eigenvalue weighted by Crippen LogP contribution is 2.39. The zero-order valence-electron chi connectivity index (χ0n) is 14.6. The van der Waals surface area contributed by atoms with E-state index in [0.29, 0.717) is 37.6 Å². The van der Waals surface area contributed by atoms with Gasteiger partial charge in [-0.25, -0.2) is 4.98 Å². The van der Waals surface area contributed by atoms with E-state index in [1.165, 1.54) is 0 Å². The molecule has 0 radical (unpaired) electrons. The summed E-state index contributed by atoms with van der Waals surface area (Å²) in [5.74, 6) is 0.431. The number of aromatic nitrogens is 1. The Morgan fingerprint density at radius 3 is 2.71 bits per heavy atom. The van der Waals surface area contributed by atoms with Gasteiger partial charge in [-0.1, -0.05) is 13.3 Å². The number of nitrogens with zero attached hydrogens (tertiary/aromatic N) is 1. The lowest BCUT2D eigenvalue weighted by atomic mass is 9.73. The summed E-state index contributed by atoms with van der Waals surface area (Å²) in [6.07, 6.45) is 6.49. The first-order valence-corrected chi connectivity index (χ1v) is 8.64. The van der Waals surface area contributed by atoms with Crippen LogP contribution in [0.25, 0.3) is 0 Å². The van der Waals surface area contributed by atoms with Gasteiger partial charge in [0.05, 0.1) is 30.5 Å². The Kier molecular flexibility index (Phi) is 6.85. The Labute approximate surface area is 143 Å². The Bertz CT molecular complexity index is 510. The van der Waals surface area contributed by atoms with Crippen molar-refractivity contribution in [3.05, 3.63) is 18.3 Å². The monoisotopic (exact) mass is 336 g/mol. The number of nitrogens with two attached hydrogens (primary N) is 1. The highest BCUT2D eigenvalue weighted by Gasteiger charge is 2.44. The zero-order chi connectivity index (χ0) is 17.4. The molecule has 0 amide bonds. The number of hydrogen-bond acceptors (Lipinski definition) is 6. The van der Waals surface area contributed by atoms with Gasteiger partial charge >= 0.3 is 5.97 Å². The van der Waals surface area contributed by atoms with Gasteiger partial charge in [-0.05, 0) is 38.2 Å². The predicted molar refractivity (Wildman–Crippen MR) is 91.7 cm³/mol. The first-order valence-electron chi connectivity index (χ1n) is 8.64. The lowest BCUT2D eigenvalue weighted by Crippen LogP contribution is -2.43. The van der Waals surface area contributed by atoms with Crippen LogP contribution in [0.4, 0.5) is 5.69 Å². The summed E-state index contributed by atoms with van der Waals surface area (Å²) >= 11 is 0. The van der Waals surface area contributed by atoms with E-state index in [-0.39, 0.29) is 12.1 Å². The predicted octanol–water partition coefficient (Wildman–Crippen LogP) is 2.96. The number of methoxy groups -OCH3 is 1. The Morgan fingerprint density at radius 2 is 2.12 bits per heavy atom. The molecular formula is C18H28N2O4. The molecule has 0 saturated heterocycles. The molecule has 1 aliphatic carbocycles. The average molecular weight is 336 g/mol. The Morgan fingerprint density at radius 1 is 1.38 bits per heavy atom. The molecule has 134 valence electrons. The number of pyridine rings is 1. The number of carbonyl (C=O) groups is 1. The van der Waals surface area contributed by atoms with Gasteiger partial charge in [0.25, 0.3) is 0 Å². The molecule has 6 heteroatoms. The third-order valence-electron chi connectivity index (χ3n) is 4.52. The molecule has 0 unspecified atom stereocenters. The second kappa shape index (κ2) is 8.87. The zero-order valence-corrected chi connectivity index (χ0v) is 14.6. The van der Waals surface area contributed by atoms with Gasteiger partial charge in [0, 0.05) is 13.2 Å². The van der Waals surface area contributed by atoms with Crippen LogP contribution in [0.3, 0.4) is 0 Å². The van der Waals surface area contributed by atoms with E-state index in [1.807, 2.05) is 0 Å². The lowest BCUT2D eigenvalue weighted by Gasteiger charge is -2.37. The van der Waals surface area contributed by atoms with Gasteiger partial charge in [0.15, 0.2) is 0 Å². The highest BCUT2D eigenvalue weighted by molar-refractivity contribution is 5.77. The van der Waals surface area contributed by atoms with E-state index in [1.54, 1.807) is 25.4 Å². The number of ether oxygens (including phenoxy) is 3. The molecule has 1 heterocycles. The van der Waals surface area contributed by atoms with Crippen LogP contribution < -0.4 is 10.5 Å². The second-order valence-corrected chi connectivity index (χ2v) is 6.45. The van der Waals surface area contributed by atoms with Crippen molar-refractivity contribution < 1.29 is 19.0 Å². The smallest absolute Gasteiger partial charge is 0.314 e. The number of unbranched alkanes of at least 4 members (excludes halogenated alkanes) is 1. The van der Waals surface area contributed by atoms with Gasteiger partial charge in [0.2, 0.25) is 5.88 Å². The molecule has 1 fully saturated rings. The molecule has 2 rings (SSSR count). The molecule has 24 heavy (non-hydrogen) atoms. The summed E-state index contributed by atoms with van der Waals surface area (Å²) in [7, 11) is 1.63. The largest absolute Gasteiger partial charge is 0.474 e. The molecule has 1 saturated carbocycles. The maximum atomic E-state index is 12.5. The molecule has 0 spiro atoms. The van der Waals surface area contributed by atoms with Gasteiger partial charge in [-0.3, -0.25) is 4.79 Å². The van der Waals surface area contributed by atoms with Crippen LogP contribution >= 0.6 is 0 Å². The number of rotatable bonds is 8. The summed E-state index contributed by atoms with van der Waals surface area (Å²) in [6.45, 7) is 2.95. The van der Waals surface area contributed by atoms with E-state index in [0.717, 1.165) is 25.7 Å². The van der Waals surface area contributed by atoms with Crippen LogP contribution in [0.5, 0.6) is 5.88 Å². The number of nitrogen functional groups attached to an aromatic ring is 1. The van der Waals surface area contributed by atoms with Crippen molar-refractivity contribution in [2.24, 2.45) is 5.41 Å². The minimum absolute atomic E-state index is 0.0505. The van der Waals surface area contributed by atoms with Crippen LogP contribution in [0.1, 0.15) is 45.4 Å². The minimum atomic E-state index is -0.545. The fraction of sp³-hybridized carbons (Fsp3) is 0.667. The maximum Gasteiger partial charge on any atom is 0.314 e. The fourth-order valence-electron chi connectivity index (χ4n) is 3.04. The van der Waals surface area contributed by atoms with E-state index in [9.17, 15) is 4.79 Å². The van der Waals surface area contributed by atoms with Gasteiger partial charge in [-0.15, -0.1) is 0 Å². The third kappa shape index (κ3) is 4.84. The molecule has 1 aromatic heterocycles. The number of esters is 1. The van der Waals surface area contributed by atoms with Crippen LogP contribution in [0.2, 0.25) is 0 Å². The van der Waals surface area contributed by atoms with E-state index >= 15 is 0 Å². The van der Waals surface area contributed by atoms with Crippen molar-refractivity contribution in [2.45, 2.75) is 51.6 Å². The van der Waals surface area contributed by atoms with E-state index in [2.05, 4.69) is 11.9 Å². The SMILES string of the molecule is CCCCOC(=O)C1(COC)CCC(Oc2ccc(N)cn2)CC1. The molecule has 2 N–H and O–H groups in total. The Balaban J connectivity index is 1.90. The van der Waals surface area contributed by atoms with Crippen molar-refractivity contribution >= 4 is 11.7 Å². The first-order chi connectivity index (χ1) is 11.6. The molecule has 6 nitrogen and oxygen atoms in total.